The summed E-state index contributed by atoms with van der Waals surface area (Å²) < 4.78 is 64.9. The van der Waals surface area contributed by atoms with Gasteiger partial charge in [0, 0.05) is 37.6 Å². The van der Waals surface area contributed by atoms with Crippen molar-refractivity contribution in [3.8, 4) is 0 Å². The van der Waals surface area contributed by atoms with E-state index < -0.39 is 27.8 Å². The minimum atomic E-state index is -4.53. The van der Waals surface area contributed by atoms with Crippen molar-refractivity contribution >= 4 is 22.4 Å². The number of sulfonamides is 1. The van der Waals surface area contributed by atoms with Crippen LogP contribution in [0.3, 0.4) is 0 Å². The number of hydrogen-bond donors (Lipinski definition) is 1. The monoisotopic (exact) mass is 473 g/mol. The van der Waals surface area contributed by atoms with Gasteiger partial charge in [0.1, 0.15) is 0 Å². The third-order valence-corrected chi connectivity index (χ3v) is 6.71. The molecule has 1 aliphatic rings. The molecule has 0 bridgehead atoms. The molecule has 32 heavy (non-hydrogen) atoms. The molecule has 1 N–H and O–H groups in total. The van der Waals surface area contributed by atoms with Gasteiger partial charge in [-0.2, -0.15) is 17.5 Å². The third-order valence-electron chi connectivity index (χ3n) is 4.83. The first kappa shape index (κ1) is 25.3. The zero-order valence-electron chi connectivity index (χ0n) is 17.3. The van der Waals surface area contributed by atoms with Gasteiger partial charge in [-0.05, 0) is 50.2 Å². The molecule has 0 aliphatic carbocycles. The number of aromatic nitrogens is 1. The minimum Gasteiger partial charge on any atom is -0.483 e. The predicted molar refractivity (Wildman–Crippen MR) is 108 cm³/mol. The highest BCUT2D eigenvalue weighted by Crippen LogP contribution is 2.30. The van der Waals surface area contributed by atoms with E-state index in [1.54, 1.807) is 24.0 Å². The Morgan fingerprint density at radius 1 is 1.16 bits per heavy atom. The van der Waals surface area contributed by atoms with Gasteiger partial charge >= 0.3 is 6.18 Å². The second-order valence-corrected chi connectivity index (χ2v) is 8.96. The molecule has 0 radical (unpaired) electrons. The Labute approximate surface area is 183 Å². The molecule has 174 valence electrons. The Morgan fingerprint density at radius 2 is 1.75 bits per heavy atom. The number of hydrogen-bond acceptors (Lipinski definition) is 5. The van der Waals surface area contributed by atoms with Crippen LogP contribution in [-0.4, -0.2) is 65.8 Å². The number of halogens is 3. The number of alkyl halides is 3. The standard InChI is InChI=1S/C19H20F3N3O3S.CH2O2/c1-13-3-4-15(11-23-13)18(26)25-10-9-24(12-14(25)2)29(27,28)17-7-5-16(6-8-17)19(20,21)22;2-1-3/h3-8,11,14H,9-10,12H2,1-2H3;1H,(H,2,3)/t14-;/m1./s1. The Kier molecular flexibility index (Phi) is 7.97. The minimum absolute atomic E-state index is 0.0500. The van der Waals surface area contributed by atoms with Crippen molar-refractivity contribution in [2.75, 3.05) is 19.6 Å². The van der Waals surface area contributed by atoms with E-state index in [-0.39, 0.29) is 36.9 Å². The SMILES string of the molecule is Cc1ccc(C(=O)N2CCN(S(=O)(=O)c3ccc(C(F)(F)F)cc3)C[C@H]2C)cn1.O=CO. The molecule has 2 aromatic rings. The van der Waals surface area contributed by atoms with Gasteiger partial charge in [0.05, 0.1) is 16.0 Å². The summed E-state index contributed by atoms with van der Waals surface area (Å²) >= 11 is 0. The fourth-order valence-electron chi connectivity index (χ4n) is 3.17. The maximum atomic E-state index is 12.8. The number of benzene rings is 1. The van der Waals surface area contributed by atoms with Crippen LogP contribution in [0.15, 0.2) is 47.5 Å². The first-order valence-corrected chi connectivity index (χ1v) is 10.8. The summed E-state index contributed by atoms with van der Waals surface area (Å²) in [4.78, 5) is 26.5. The van der Waals surface area contributed by atoms with Crippen molar-refractivity contribution in [3.05, 3.63) is 59.4 Å². The molecule has 1 aromatic heterocycles. The first-order valence-electron chi connectivity index (χ1n) is 9.40. The van der Waals surface area contributed by atoms with E-state index in [1.165, 1.54) is 10.5 Å². The van der Waals surface area contributed by atoms with Gasteiger partial charge in [-0.25, -0.2) is 8.42 Å². The third kappa shape index (κ3) is 5.82. The van der Waals surface area contributed by atoms with Gasteiger partial charge < -0.3 is 10.0 Å². The van der Waals surface area contributed by atoms with E-state index in [0.717, 1.165) is 30.0 Å². The summed E-state index contributed by atoms with van der Waals surface area (Å²) in [5.41, 5.74) is 0.287. The quantitative estimate of drug-likeness (QED) is 0.687. The molecule has 1 aromatic carbocycles. The van der Waals surface area contributed by atoms with Crippen LogP contribution >= 0.6 is 0 Å². The summed E-state index contributed by atoms with van der Waals surface area (Å²) in [7, 11) is -3.96. The fourth-order valence-corrected chi connectivity index (χ4v) is 4.68. The Bertz CT molecular complexity index is 1040. The van der Waals surface area contributed by atoms with Crippen LogP contribution in [0.1, 0.15) is 28.5 Å². The number of carboxylic acid groups (broad SMARTS) is 1. The maximum absolute atomic E-state index is 12.8. The van der Waals surface area contributed by atoms with E-state index in [9.17, 15) is 26.4 Å². The predicted octanol–water partition coefficient (Wildman–Crippen LogP) is 2.64. The fraction of sp³-hybridized carbons (Fsp3) is 0.350. The van der Waals surface area contributed by atoms with Crippen LogP contribution in [0, 0.1) is 6.92 Å². The van der Waals surface area contributed by atoms with Crippen molar-refractivity contribution in [3.63, 3.8) is 0 Å². The van der Waals surface area contributed by atoms with Gasteiger partial charge in [-0.15, -0.1) is 0 Å². The molecular formula is C20H22F3N3O5S. The van der Waals surface area contributed by atoms with Crippen LogP contribution in [-0.2, 0) is 21.0 Å². The van der Waals surface area contributed by atoms with Crippen molar-refractivity contribution in [2.24, 2.45) is 0 Å². The van der Waals surface area contributed by atoms with Crippen molar-refractivity contribution < 1.29 is 36.3 Å². The molecule has 1 aliphatic heterocycles. The molecule has 1 amide bonds. The number of nitrogens with zero attached hydrogens (tertiary/aromatic N) is 3. The smallest absolute Gasteiger partial charge is 0.416 e. The summed E-state index contributed by atoms with van der Waals surface area (Å²) in [5, 5.41) is 6.89. The molecule has 2 heterocycles. The zero-order valence-corrected chi connectivity index (χ0v) is 18.1. The lowest BCUT2D eigenvalue weighted by Crippen LogP contribution is -2.55. The molecule has 3 rings (SSSR count). The van der Waals surface area contributed by atoms with E-state index >= 15 is 0 Å². The molecule has 0 saturated carbocycles. The van der Waals surface area contributed by atoms with Crippen LogP contribution < -0.4 is 0 Å². The van der Waals surface area contributed by atoms with Crippen LogP contribution in [0.5, 0.6) is 0 Å². The van der Waals surface area contributed by atoms with E-state index in [1.807, 2.05) is 6.92 Å². The lowest BCUT2D eigenvalue weighted by atomic mass is 10.1. The number of amides is 1. The van der Waals surface area contributed by atoms with Gasteiger partial charge in [0.15, 0.2) is 0 Å². The Morgan fingerprint density at radius 3 is 2.22 bits per heavy atom. The normalized spacial score (nSPS) is 17.3. The highest BCUT2D eigenvalue weighted by molar-refractivity contribution is 7.89. The molecule has 1 fully saturated rings. The molecule has 8 nitrogen and oxygen atoms in total. The van der Waals surface area contributed by atoms with Gasteiger partial charge in [-0.3, -0.25) is 14.6 Å². The number of rotatable bonds is 3. The van der Waals surface area contributed by atoms with Gasteiger partial charge in [0.25, 0.3) is 12.4 Å². The highest BCUT2D eigenvalue weighted by atomic mass is 32.2. The molecule has 0 spiro atoms. The number of aryl methyl sites for hydroxylation is 1. The Balaban J connectivity index is 0.00000114. The molecule has 1 saturated heterocycles. The lowest BCUT2D eigenvalue weighted by Gasteiger charge is -2.39. The molecule has 1 atom stereocenters. The van der Waals surface area contributed by atoms with Gasteiger partial charge in [0.2, 0.25) is 10.0 Å². The van der Waals surface area contributed by atoms with Crippen LogP contribution in [0.2, 0.25) is 0 Å². The zero-order chi connectivity index (χ0) is 24.1. The summed E-state index contributed by atoms with van der Waals surface area (Å²) in [6, 6.07) is 6.41. The first-order chi connectivity index (χ1) is 14.9. The second kappa shape index (κ2) is 10.1. The molecule has 0 unspecified atom stereocenters. The average Bonchev–Trinajstić information content (AvgIpc) is 2.74. The summed E-state index contributed by atoms with van der Waals surface area (Å²) in [5.74, 6) is -0.239. The highest BCUT2D eigenvalue weighted by Gasteiger charge is 2.35. The second-order valence-electron chi connectivity index (χ2n) is 7.03. The largest absolute Gasteiger partial charge is 0.483 e. The van der Waals surface area contributed by atoms with Gasteiger partial charge in [-0.1, -0.05) is 0 Å². The topological polar surface area (TPSA) is 108 Å². The van der Waals surface area contributed by atoms with Crippen LogP contribution in [0.4, 0.5) is 13.2 Å². The van der Waals surface area contributed by atoms with E-state index in [2.05, 4.69) is 4.98 Å². The van der Waals surface area contributed by atoms with Crippen molar-refractivity contribution in [2.45, 2.75) is 31.0 Å². The molecular weight excluding hydrogens is 451 g/mol. The lowest BCUT2D eigenvalue weighted by molar-refractivity contribution is -0.137. The van der Waals surface area contributed by atoms with Crippen LogP contribution in [0.25, 0.3) is 0 Å². The van der Waals surface area contributed by atoms with E-state index in [0.29, 0.717) is 5.56 Å². The summed E-state index contributed by atoms with van der Waals surface area (Å²) in [6.07, 6.45) is -3.05. The summed E-state index contributed by atoms with van der Waals surface area (Å²) in [6.45, 7) is 3.57. The Hall–Kier alpha value is -2.99. The average molecular weight is 473 g/mol. The number of pyridine rings is 1. The molecule has 12 heteroatoms. The van der Waals surface area contributed by atoms with Crippen molar-refractivity contribution in [1.29, 1.82) is 0 Å². The van der Waals surface area contributed by atoms with E-state index in [4.69, 9.17) is 9.90 Å². The van der Waals surface area contributed by atoms with Crippen molar-refractivity contribution in [1.82, 2.24) is 14.2 Å². The maximum Gasteiger partial charge on any atom is 0.416 e. The number of piperazine rings is 1. The number of carbonyl (C=O) groups excluding carboxylic acids is 1. The number of carbonyl (C=O) groups is 2.